The van der Waals surface area contributed by atoms with Gasteiger partial charge in [-0.3, -0.25) is 9.36 Å². The molecule has 0 spiro atoms. The van der Waals surface area contributed by atoms with Crippen molar-refractivity contribution in [2.24, 2.45) is 0 Å². The van der Waals surface area contributed by atoms with E-state index in [0.717, 1.165) is 18.7 Å². The van der Waals surface area contributed by atoms with Gasteiger partial charge in [-0.1, -0.05) is 0 Å². The molecule has 2 aromatic rings. The SMILES string of the molecule is O=C(O[C@@H]1CCOC1=O)c1ccc2c(=O)n3c(nc2c1)CCC3. The first-order chi connectivity index (χ1) is 11.1. The van der Waals surface area contributed by atoms with Crippen molar-refractivity contribution in [1.29, 1.82) is 0 Å². The average Bonchev–Trinajstić information content (AvgIpc) is 3.16. The number of esters is 2. The topological polar surface area (TPSA) is 87.5 Å². The summed E-state index contributed by atoms with van der Waals surface area (Å²) in [4.78, 5) is 40.4. The van der Waals surface area contributed by atoms with Crippen molar-refractivity contribution >= 4 is 22.8 Å². The fourth-order valence-electron chi connectivity index (χ4n) is 2.99. The van der Waals surface area contributed by atoms with E-state index in [1.807, 2.05) is 0 Å². The minimum Gasteiger partial charge on any atom is -0.463 e. The summed E-state index contributed by atoms with van der Waals surface area (Å²) in [7, 11) is 0. The molecule has 1 saturated heterocycles. The molecule has 2 aliphatic rings. The highest BCUT2D eigenvalue weighted by atomic mass is 16.6. The standard InChI is InChI=1S/C16H14N2O5/c19-14-10-4-3-9(15(20)23-12-5-7-22-16(12)21)8-11(10)17-13-2-1-6-18(13)14/h3-4,8,12H,1-2,5-7H2/t12-/m1/s1. The van der Waals surface area contributed by atoms with Crippen LogP contribution in [0.25, 0.3) is 10.9 Å². The predicted octanol–water partition coefficient (Wildman–Crippen LogP) is 0.815. The number of benzene rings is 1. The van der Waals surface area contributed by atoms with Crippen LogP contribution in [0.2, 0.25) is 0 Å². The van der Waals surface area contributed by atoms with Gasteiger partial charge in [0, 0.05) is 19.4 Å². The van der Waals surface area contributed by atoms with Gasteiger partial charge in [0.2, 0.25) is 6.10 Å². The van der Waals surface area contributed by atoms with Gasteiger partial charge in [-0.15, -0.1) is 0 Å². The maximum absolute atomic E-state index is 12.4. The second-order valence-electron chi connectivity index (χ2n) is 5.67. The monoisotopic (exact) mass is 314 g/mol. The smallest absolute Gasteiger partial charge is 0.347 e. The molecule has 1 aromatic carbocycles. The van der Waals surface area contributed by atoms with Crippen LogP contribution in [0.15, 0.2) is 23.0 Å². The summed E-state index contributed by atoms with van der Waals surface area (Å²) in [6, 6.07) is 4.65. The molecule has 7 heteroatoms. The fraction of sp³-hybridized carbons (Fsp3) is 0.375. The molecule has 4 rings (SSSR count). The minimum absolute atomic E-state index is 0.0817. The van der Waals surface area contributed by atoms with E-state index in [0.29, 0.717) is 23.9 Å². The Morgan fingerprint density at radius 3 is 3.00 bits per heavy atom. The van der Waals surface area contributed by atoms with Crippen molar-refractivity contribution < 1.29 is 19.1 Å². The van der Waals surface area contributed by atoms with Gasteiger partial charge >= 0.3 is 11.9 Å². The van der Waals surface area contributed by atoms with Gasteiger partial charge in [-0.2, -0.15) is 0 Å². The number of hydrogen-bond donors (Lipinski definition) is 0. The molecule has 118 valence electrons. The zero-order valence-corrected chi connectivity index (χ0v) is 12.3. The van der Waals surface area contributed by atoms with Crippen LogP contribution in [0, 0.1) is 0 Å². The van der Waals surface area contributed by atoms with E-state index in [4.69, 9.17) is 9.47 Å². The molecule has 0 bridgehead atoms. The quantitative estimate of drug-likeness (QED) is 0.763. The molecule has 0 radical (unpaired) electrons. The molecule has 1 atom stereocenters. The highest BCUT2D eigenvalue weighted by molar-refractivity contribution is 5.95. The zero-order valence-electron chi connectivity index (χ0n) is 12.3. The lowest BCUT2D eigenvalue weighted by atomic mass is 10.1. The Bertz CT molecular complexity index is 886. The fourth-order valence-corrected chi connectivity index (χ4v) is 2.99. The third-order valence-corrected chi connectivity index (χ3v) is 4.19. The van der Waals surface area contributed by atoms with E-state index >= 15 is 0 Å². The van der Waals surface area contributed by atoms with Gasteiger partial charge in [0.1, 0.15) is 5.82 Å². The summed E-state index contributed by atoms with van der Waals surface area (Å²) in [5.74, 6) is -0.390. The van der Waals surface area contributed by atoms with E-state index in [-0.39, 0.29) is 17.7 Å². The number of nitrogens with zero attached hydrogens (tertiary/aromatic N) is 2. The molecule has 0 aliphatic carbocycles. The normalized spacial score (nSPS) is 19.7. The number of cyclic esters (lactones) is 1. The van der Waals surface area contributed by atoms with Gasteiger partial charge in [-0.05, 0) is 24.6 Å². The first kappa shape index (κ1) is 13.9. The van der Waals surface area contributed by atoms with Crippen LogP contribution in [0.5, 0.6) is 0 Å². The second kappa shape index (κ2) is 5.19. The lowest BCUT2D eigenvalue weighted by molar-refractivity contribution is -0.145. The summed E-state index contributed by atoms with van der Waals surface area (Å²) >= 11 is 0. The Balaban J connectivity index is 1.69. The van der Waals surface area contributed by atoms with Crippen LogP contribution in [0.3, 0.4) is 0 Å². The van der Waals surface area contributed by atoms with Crippen LogP contribution in [0.4, 0.5) is 0 Å². The first-order valence-electron chi connectivity index (χ1n) is 7.54. The third kappa shape index (κ3) is 2.28. The van der Waals surface area contributed by atoms with E-state index in [1.165, 1.54) is 6.07 Å². The summed E-state index contributed by atoms with van der Waals surface area (Å²) < 4.78 is 11.6. The third-order valence-electron chi connectivity index (χ3n) is 4.19. The van der Waals surface area contributed by atoms with Crippen molar-refractivity contribution in [2.75, 3.05) is 6.61 Å². The molecular formula is C16H14N2O5. The molecule has 2 aliphatic heterocycles. The lowest BCUT2D eigenvalue weighted by Gasteiger charge is -2.09. The van der Waals surface area contributed by atoms with Crippen LogP contribution in [-0.2, 0) is 27.2 Å². The number of hydrogen-bond acceptors (Lipinski definition) is 6. The van der Waals surface area contributed by atoms with Gasteiger partial charge in [-0.25, -0.2) is 14.6 Å². The molecule has 7 nitrogen and oxygen atoms in total. The Hall–Kier alpha value is -2.70. The average molecular weight is 314 g/mol. The maximum Gasteiger partial charge on any atom is 0.347 e. The van der Waals surface area contributed by atoms with Gasteiger partial charge in [0.15, 0.2) is 0 Å². The van der Waals surface area contributed by atoms with Gasteiger partial charge in [0.05, 0.1) is 23.1 Å². The van der Waals surface area contributed by atoms with Crippen molar-refractivity contribution in [1.82, 2.24) is 9.55 Å². The van der Waals surface area contributed by atoms with E-state index in [1.54, 1.807) is 16.7 Å². The van der Waals surface area contributed by atoms with Crippen molar-refractivity contribution in [2.45, 2.75) is 31.9 Å². The molecule has 0 saturated carbocycles. The number of ether oxygens (including phenoxy) is 2. The summed E-state index contributed by atoms with van der Waals surface area (Å²) in [6.07, 6.45) is 1.17. The van der Waals surface area contributed by atoms with Gasteiger partial charge < -0.3 is 9.47 Å². The molecule has 0 unspecified atom stereocenters. The first-order valence-corrected chi connectivity index (χ1v) is 7.54. The zero-order chi connectivity index (χ0) is 16.0. The van der Waals surface area contributed by atoms with Crippen molar-refractivity contribution in [3.05, 3.63) is 39.9 Å². The number of aryl methyl sites for hydroxylation is 1. The summed E-state index contributed by atoms with van der Waals surface area (Å²) in [5.41, 5.74) is 0.667. The molecule has 3 heterocycles. The van der Waals surface area contributed by atoms with Crippen LogP contribution in [0.1, 0.15) is 29.0 Å². The highest BCUT2D eigenvalue weighted by Crippen LogP contribution is 2.18. The number of rotatable bonds is 2. The Morgan fingerprint density at radius 2 is 2.22 bits per heavy atom. The molecule has 23 heavy (non-hydrogen) atoms. The van der Waals surface area contributed by atoms with Crippen LogP contribution < -0.4 is 5.56 Å². The molecule has 0 N–H and O–H groups in total. The summed E-state index contributed by atoms with van der Waals surface area (Å²) in [5, 5.41) is 0.479. The Morgan fingerprint density at radius 1 is 1.35 bits per heavy atom. The molecule has 1 aromatic heterocycles. The highest BCUT2D eigenvalue weighted by Gasteiger charge is 2.30. The Labute approximate surface area is 130 Å². The maximum atomic E-state index is 12.4. The van der Waals surface area contributed by atoms with E-state index < -0.39 is 18.0 Å². The molecule has 1 fully saturated rings. The predicted molar refractivity (Wildman–Crippen MR) is 79.1 cm³/mol. The number of carbonyl (C=O) groups is 2. The Kier molecular flexibility index (Phi) is 3.14. The van der Waals surface area contributed by atoms with Crippen LogP contribution in [-0.4, -0.2) is 34.2 Å². The largest absolute Gasteiger partial charge is 0.463 e. The number of fused-ring (bicyclic) bond motifs is 2. The number of carbonyl (C=O) groups excluding carboxylic acids is 2. The van der Waals surface area contributed by atoms with Crippen molar-refractivity contribution in [3.8, 4) is 0 Å². The summed E-state index contributed by atoms with van der Waals surface area (Å²) in [6.45, 7) is 0.948. The van der Waals surface area contributed by atoms with Gasteiger partial charge in [0.25, 0.3) is 5.56 Å². The lowest BCUT2D eigenvalue weighted by Crippen LogP contribution is -2.23. The minimum atomic E-state index is -0.850. The number of aromatic nitrogens is 2. The molecular weight excluding hydrogens is 300 g/mol. The van der Waals surface area contributed by atoms with Crippen molar-refractivity contribution in [3.63, 3.8) is 0 Å². The molecule has 0 amide bonds. The van der Waals surface area contributed by atoms with E-state index in [2.05, 4.69) is 4.98 Å². The van der Waals surface area contributed by atoms with Crippen LogP contribution >= 0.6 is 0 Å². The second-order valence-corrected chi connectivity index (χ2v) is 5.67. The van der Waals surface area contributed by atoms with E-state index in [9.17, 15) is 14.4 Å².